The molecule has 0 spiro atoms. The summed E-state index contributed by atoms with van der Waals surface area (Å²) >= 11 is 0. The molecular formula is C12H17NO. The van der Waals surface area contributed by atoms with Crippen LogP contribution >= 0.6 is 0 Å². The van der Waals surface area contributed by atoms with Gasteiger partial charge in [-0.1, -0.05) is 18.2 Å². The molecule has 0 aromatic heterocycles. The molecule has 0 unspecified atom stereocenters. The van der Waals surface area contributed by atoms with Crippen molar-refractivity contribution in [1.82, 2.24) is 0 Å². The number of hydrogen-bond acceptors (Lipinski definition) is 2. The summed E-state index contributed by atoms with van der Waals surface area (Å²) in [5.74, 6) is 0. The normalized spacial score (nSPS) is 17.7. The molecule has 1 aromatic carbocycles. The first kappa shape index (κ1) is 9.53. The standard InChI is InChI=1S/C12H17NO/c1-10(14)9-13-8-4-6-11-5-2-3-7-12(11)13/h2-3,5,7,10,14H,4,6,8-9H2,1H3/t10-/m1/s1. The maximum absolute atomic E-state index is 9.39. The van der Waals surface area contributed by atoms with E-state index in [0.29, 0.717) is 0 Å². The Balaban J connectivity index is 2.22. The summed E-state index contributed by atoms with van der Waals surface area (Å²) < 4.78 is 0. The lowest BCUT2D eigenvalue weighted by Gasteiger charge is -2.32. The number of benzene rings is 1. The average molecular weight is 191 g/mol. The molecule has 2 heteroatoms. The average Bonchev–Trinajstić information content (AvgIpc) is 2.18. The van der Waals surface area contributed by atoms with Gasteiger partial charge in [0.15, 0.2) is 0 Å². The third kappa shape index (κ3) is 1.90. The van der Waals surface area contributed by atoms with Gasteiger partial charge in [0.25, 0.3) is 0 Å². The van der Waals surface area contributed by atoms with E-state index in [1.54, 1.807) is 0 Å². The smallest absolute Gasteiger partial charge is 0.0687 e. The molecule has 2 nitrogen and oxygen atoms in total. The fourth-order valence-corrected chi connectivity index (χ4v) is 2.12. The van der Waals surface area contributed by atoms with Gasteiger partial charge in [-0.3, -0.25) is 0 Å². The number of rotatable bonds is 2. The molecule has 1 atom stereocenters. The largest absolute Gasteiger partial charge is 0.392 e. The molecule has 0 saturated heterocycles. The topological polar surface area (TPSA) is 23.5 Å². The summed E-state index contributed by atoms with van der Waals surface area (Å²) in [4.78, 5) is 2.28. The van der Waals surface area contributed by atoms with Crippen LogP contribution in [0.15, 0.2) is 24.3 Å². The van der Waals surface area contributed by atoms with E-state index < -0.39 is 0 Å². The van der Waals surface area contributed by atoms with Crippen molar-refractivity contribution in [2.24, 2.45) is 0 Å². The summed E-state index contributed by atoms with van der Waals surface area (Å²) in [6, 6.07) is 8.49. The van der Waals surface area contributed by atoms with Crippen LogP contribution in [-0.2, 0) is 6.42 Å². The summed E-state index contributed by atoms with van der Waals surface area (Å²) in [7, 11) is 0. The number of aliphatic hydroxyl groups excluding tert-OH is 1. The first-order valence-electron chi connectivity index (χ1n) is 5.28. The van der Waals surface area contributed by atoms with Crippen molar-refractivity contribution < 1.29 is 5.11 Å². The molecule has 0 saturated carbocycles. The number of hydrogen-bond donors (Lipinski definition) is 1. The highest BCUT2D eigenvalue weighted by Gasteiger charge is 2.16. The molecule has 1 N–H and O–H groups in total. The fourth-order valence-electron chi connectivity index (χ4n) is 2.12. The third-order valence-corrected chi connectivity index (χ3v) is 2.69. The monoisotopic (exact) mass is 191 g/mol. The minimum Gasteiger partial charge on any atom is -0.392 e. The van der Waals surface area contributed by atoms with Crippen molar-refractivity contribution >= 4 is 5.69 Å². The Hall–Kier alpha value is -1.02. The highest BCUT2D eigenvalue weighted by Crippen LogP contribution is 2.26. The fraction of sp³-hybridized carbons (Fsp3) is 0.500. The third-order valence-electron chi connectivity index (χ3n) is 2.69. The molecule has 76 valence electrons. The molecule has 14 heavy (non-hydrogen) atoms. The van der Waals surface area contributed by atoms with E-state index in [-0.39, 0.29) is 6.10 Å². The van der Waals surface area contributed by atoms with Gasteiger partial charge in [0, 0.05) is 18.8 Å². The van der Waals surface area contributed by atoms with Crippen LogP contribution in [0, 0.1) is 0 Å². The van der Waals surface area contributed by atoms with Gasteiger partial charge in [0.05, 0.1) is 6.10 Å². The van der Waals surface area contributed by atoms with Gasteiger partial charge in [0.2, 0.25) is 0 Å². The maximum Gasteiger partial charge on any atom is 0.0687 e. The number of aryl methyl sites for hydroxylation is 1. The van der Waals surface area contributed by atoms with Crippen LogP contribution in [0.3, 0.4) is 0 Å². The first-order valence-corrected chi connectivity index (χ1v) is 5.28. The molecule has 1 aromatic rings. The Morgan fingerprint density at radius 1 is 1.43 bits per heavy atom. The van der Waals surface area contributed by atoms with Gasteiger partial charge in [-0.15, -0.1) is 0 Å². The van der Waals surface area contributed by atoms with Crippen molar-refractivity contribution in [3.05, 3.63) is 29.8 Å². The SMILES string of the molecule is C[C@@H](O)CN1CCCc2ccccc21. The van der Waals surface area contributed by atoms with Crippen molar-refractivity contribution in [3.8, 4) is 0 Å². The van der Waals surface area contributed by atoms with Gasteiger partial charge < -0.3 is 10.0 Å². The van der Waals surface area contributed by atoms with Crippen LogP contribution in [0.5, 0.6) is 0 Å². The van der Waals surface area contributed by atoms with Crippen LogP contribution in [0.1, 0.15) is 18.9 Å². The van der Waals surface area contributed by atoms with Crippen LogP contribution in [0.2, 0.25) is 0 Å². The van der Waals surface area contributed by atoms with E-state index in [0.717, 1.165) is 13.1 Å². The molecule has 1 aliphatic rings. The van der Waals surface area contributed by atoms with Crippen LogP contribution in [0.4, 0.5) is 5.69 Å². The van der Waals surface area contributed by atoms with E-state index in [1.807, 2.05) is 6.92 Å². The molecule has 0 fully saturated rings. The Morgan fingerprint density at radius 3 is 3.00 bits per heavy atom. The zero-order chi connectivity index (χ0) is 9.97. The molecule has 2 rings (SSSR count). The highest BCUT2D eigenvalue weighted by atomic mass is 16.3. The number of nitrogens with zero attached hydrogens (tertiary/aromatic N) is 1. The summed E-state index contributed by atoms with van der Waals surface area (Å²) in [6.07, 6.45) is 2.12. The number of β-amino-alcohol motifs (C(OH)–C–C–N with tert-alkyl or cyclic N) is 1. The second-order valence-electron chi connectivity index (χ2n) is 4.03. The van der Waals surface area contributed by atoms with E-state index in [9.17, 15) is 5.11 Å². The molecule has 0 amide bonds. The number of aliphatic hydroxyl groups is 1. The van der Waals surface area contributed by atoms with Crippen LogP contribution < -0.4 is 4.90 Å². The summed E-state index contributed by atoms with van der Waals surface area (Å²) in [5.41, 5.74) is 2.72. The summed E-state index contributed by atoms with van der Waals surface area (Å²) in [5, 5.41) is 9.39. The Kier molecular flexibility index (Phi) is 2.73. The molecule has 1 heterocycles. The molecule has 0 bridgehead atoms. The van der Waals surface area contributed by atoms with E-state index >= 15 is 0 Å². The lowest BCUT2D eigenvalue weighted by molar-refractivity contribution is 0.199. The van der Waals surface area contributed by atoms with Crippen molar-refractivity contribution in [3.63, 3.8) is 0 Å². The maximum atomic E-state index is 9.39. The first-order chi connectivity index (χ1) is 6.77. The molecule has 0 aliphatic carbocycles. The quantitative estimate of drug-likeness (QED) is 0.770. The van der Waals surface area contributed by atoms with Gasteiger partial charge in [-0.25, -0.2) is 0 Å². The number of para-hydroxylation sites is 1. The number of anilines is 1. The zero-order valence-electron chi connectivity index (χ0n) is 8.61. The van der Waals surface area contributed by atoms with E-state index in [2.05, 4.69) is 29.2 Å². The van der Waals surface area contributed by atoms with E-state index in [1.165, 1.54) is 24.1 Å². The second kappa shape index (κ2) is 4.01. The molecular weight excluding hydrogens is 174 g/mol. The lowest BCUT2D eigenvalue weighted by atomic mass is 10.0. The Labute approximate surface area is 85.2 Å². The van der Waals surface area contributed by atoms with Gasteiger partial charge in [-0.05, 0) is 31.4 Å². The lowest BCUT2D eigenvalue weighted by Crippen LogP contribution is -2.35. The van der Waals surface area contributed by atoms with Gasteiger partial charge in [-0.2, -0.15) is 0 Å². The minimum absolute atomic E-state index is 0.249. The van der Waals surface area contributed by atoms with Gasteiger partial charge in [0.1, 0.15) is 0 Å². The van der Waals surface area contributed by atoms with Crippen molar-refractivity contribution in [2.45, 2.75) is 25.9 Å². The molecule has 1 aliphatic heterocycles. The van der Waals surface area contributed by atoms with Crippen LogP contribution in [0.25, 0.3) is 0 Å². The highest BCUT2D eigenvalue weighted by molar-refractivity contribution is 5.55. The Morgan fingerprint density at radius 2 is 2.21 bits per heavy atom. The zero-order valence-corrected chi connectivity index (χ0v) is 8.61. The van der Waals surface area contributed by atoms with Gasteiger partial charge >= 0.3 is 0 Å². The predicted molar refractivity (Wildman–Crippen MR) is 58.7 cm³/mol. The van der Waals surface area contributed by atoms with Crippen molar-refractivity contribution in [2.75, 3.05) is 18.0 Å². The summed E-state index contributed by atoms with van der Waals surface area (Å²) in [6.45, 7) is 3.66. The second-order valence-corrected chi connectivity index (χ2v) is 4.03. The minimum atomic E-state index is -0.249. The molecule has 0 radical (unpaired) electrons. The Bertz CT molecular complexity index is 309. The van der Waals surface area contributed by atoms with Crippen LogP contribution in [-0.4, -0.2) is 24.3 Å². The van der Waals surface area contributed by atoms with Crippen molar-refractivity contribution in [1.29, 1.82) is 0 Å². The number of fused-ring (bicyclic) bond motifs is 1. The van der Waals surface area contributed by atoms with E-state index in [4.69, 9.17) is 0 Å². The predicted octanol–water partition coefficient (Wildman–Crippen LogP) is 1.82.